The minimum Gasteiger partial charge on any atom is -0.461 e. The quantitative estimate of drug-likeness (QED) is 0.316. The molecule has 162 valence electrons. The molecule has 0 fully saturated rings. The molecule has 3 aromatic rings. The van der Waals surface area contributed by atoms with Gasteiger partial charge in [0.05, 0.1) is 25.9 Å². The molecule has 2 heterocycles. The number of aromatic amines is 1. The van der Waals surface area contributed by atoms with E-state index < -0.39 is 13.3 Å². The second-order valence-corrected chi connectivity index (χ2v) is 8.33. The molecule has 3 rings (SSSR count). The van der Waals surface area contributed by atoms with Gasteiger partial charge in [0.25, 0.3) is 0 Å². The van der Waals surface area contributed by atoms with E-state index in [0.29, 0.717) is 23.3 Å². The second-order valence-electron chi connectivity index (χ2n) is 6.48. The average Bonchev–Trinajstić information content (AvgIpc) is 2.98. The Bertz CT molecular complexity index is 1130. The molecule has 0 saturated heterocycles. The third kappa shape index (κ3) is 5.25. The van der Waals surface area contributed by atoms with E-state index in [0.717, 1.165) is 5.56 Å². The Hall–Kier alpha value is -2.72. The number of rotatable bonds is 10. The van der Waals surface area contributed by atoms with Gasteiger partial charge in [-0.05, 0) is 18.1 Å². The molecule has 0 bridgehead atoms. The molecule has 0 aliphatic heterocycles. The average molecular weight is 437 g/mol. The van der Waals surface area contributed by atoms with Gasteiger partial charge in [0, 0.05) is 7.11 Å². The van der Waals surface area contributed by atoms with Crippen molar-refractivity contribution in [2.75, 3.05) is 32.7 Å². The van der Waals surface area contributed by atoms with Crippen molar-refractivity contribution in [2.24, 2.45) is 0 Å². The standard InChI is InChI=1S/C18H24N5O6P/c1-3-29-30(25,26)11-13-6-4-5-12(9-13)10-23-16-14(20-18(23)24)15(19)21-17(22-16)28-8-7-27-2/h4-6,9H,3,7-8,10-11H2,1-2H3,(H,20,24)(H,25,26)(H2,19,21,22). The summed E-state index contributed by atoms with van der Waals surface area (Å²) in [5.41, 5.74) is 7.51. The van der Waals surface area contributed by atoms with Crippen molar-refractivity contribution < 1.29 is 23.5 Å². The first-order chi connectivity index (χ1) is 14.3. The number of methoxy groups -OCH3 is 1. The Balaban J connectivity index is 1.90. The molecular formula is C18H24N5O6P. The molecule has 12 heteroatoms. The van der Waals surface area contributed by atoms with Crippen LogP contribution in [0.4, 0.5) is 5.82 Å². The van der Waals surface area contributed by atoms with Gasteiger partial charge >= 0.3 is 19.3 Å². The van der Waals surface area contributed by atoms with E-state index in [2.05, 4.69) is 15.0 Å². The Kier molecular flexibility index (Phi) is 6.88. The van der Waals surface area contributed by atoms with Crippen LogP contribution in [0.25, 0.3) is 11.2 Å². The number of H-pyrrole nitrogens is 1. The van der Waals surface area contributed by atoms with Crippen molar-refractivity contribution >= 4 is 24.6 Å². The van der Waals surface area contributed by atoms with Crippen LogP contribution in [0.15, 0.2) is 29.1 Å². The summed E-state index contributed by atoms with van der Waals surface area (Å²) in [7, 11) is -2.17. The van der Waals surface area contributed by atoms with E-state index >= 15 is 0 Å². The van der Waals surface area contributed by atoms with Gasteiger partial charge in [-0.25, -0.2) is 4.79 Å². The Morgan fingerprint density at radius 2 is 2.03 bits per heavy atom. The molecule has 4 N–H and O–H groups in total. The third-order valence-electron chi connectivity index (χ3n) is 4.19. The SMILES string of the molecule is CCOP(=O)(O)Cc1cccc(Cn2c(=O)[nH]c3c(N)nc(OCCOC)nc32)c1. The minimum absolute atomic E-state index is 0.0384. The molecule has 0 saturated carbocycles. The molecule has 0 radical (unpaired) electrons. The second kappa shape index (κ2) is 9.40. The van der Waals surface area contributed by atoms with Crippen molar-refractivity contribution in [1.82, 2.24) is 19.5 Å². The van der Waals surface area contributed by atoms with Gasteiger partial charge in [0.2, 0.25) is 0 Å². The van der Waals surface area contributed by atoms with E-state index in [4.69, 9.17) is 19.7 Å². The van der Waals surface area contributed by atoms with Crippen molar-refractivity contribution in [2.45, 2.75) is 19.6 Å². The Morgan fingerprint density at radius 3 is 2.77 bits per heavy atom. The summed E-state index contributed by atoms with van der Waals surface area (Å²) in [6.07, 6.45) is -0.121. The van der Waals surface area contributed by atoms with Crippen LogP contribution in [-0.2, 0) is 26.5 Å². The molecule has 1 unspecified atom stereocenters. The maximum atomic E-state index is 12.5. The smallest absolute Gasteiger partial charge is 0.332 e. The van der Waals surface area contributed by atoms with Gasteiger partial charge in [-0.1, -0.05) is 24.3 Å². The van der Waals surface area contributed by atoms with E-state index in [1.165, 1.54) is 4.57 Å². The maximum Gasteiger partial charge on any atom is 0.332 e. The minimum atomic E-state index is -3.72. The van der Waals surface area contributed by atoms with Crippen LogP contribution in [-0.4, -0.2) is 51.3 Å². The zero-order chi connectivity index (χ0) is 21.7. The Morgan fingerprint density at radius 1 is 1.27 bits per heavy atom. The first kappa shape index (κ1) is 22.0. The van der Waals surface area contributed by atoms with Crippen molar-refractivity contribution in [3.8, 4) is 6.01 Å². The lowest BCUT2D eigenvalue weighted by molar-refractivity contribution is 0.141. The fraction of sp³-hybridized carbons (Fsp3) is 0.389. The van der Waals surface area contributed by atoms with E-state index in [-0.39, 0.29) is 37.7 Å². The molecule has 11 nitrogen and oxygen atoms in total. The van der Waals surface area contributed by atoms with Gasteiger partial charge < -0.3 is 29.6 Å². The van der Waals surface area contributed by atoms with Crippen LogP contribution in [0.2, 0.25) is 0 Å². The van der Waals surface area contributed by atoms with Gasteiger partial charge in [-0.3, -0.25) is 9.13 Å². The van der Waals surface area contributed by atoms with Crippen LogP contribution in [0.3, 0.4) is 0 Å². The van der Waals surface area contributed by atoms with Crippen LogP contribution >= 0.6 is 7.60 Å². The summed E-state index contributed by atoms with van der Waals surface area (Å²) >= 11 is 0. The number of nitrogens with zero attached hydrogens (tertiary/aromatic N) is 3. The zero-order valence-electron chi connectivity index (χ0n) is 16.7. The number of hydrogen-bond acceptors (Lipinski definition) is 8. The summed E-state index contributed by atoms with van der Waals surface area (Å²) in [6, 6.07) is 7.06. The third-order valence-corrected chi connectivity index (χ3v) is 5.62. The normalized spacial score (nSPS) is 13.4. The lowest BCUT2D eigenvalue weighted by atomic mass is 10.1. The van der Waals surface area contributed by atoms with E-state index in [1.54, 1.807) is 38.3 Å². The van der Waals surface area contributed by atoms with E-state index in [1.807, 2.05) is 0 Å². The van der Waals surface area contributed by atoms with Crippen LogP contribution in [0, 0.1) is 0 Å². The van der Waals surface area contributed by atoms with E-state index in [9.17, 15) is 14.3 Å². The predicted molar refractivity (Wildman–Crippen MR) is 111 cm³/mol. The zero-order valence-corrected chi connectivity index (χ0v) is 17.6. The summed E-state index contributed by atoms with van der Waals surface area (Å²) in [5.74, 6) is 0.0925. The monoisotopic (exact) mass is 437 g/mol. The highest BCUT2D eigenvalue weighted by atomic mass is 31.2. The summed E-state index contributed by atoms with van der Waals surface area (Å²) < 4.78 is 28.7. The number of ether oxygens (including phenoxy) is 2. The number of anilines is 1. The molecular weight excluding hydrogens is 413 g/mol. The Labute approximate surface area is 172 Å². The highest BCUT2D eigenvalue weighted by molar-refractivity contribution is 7.51. The van der Waals surface area contributed by atoms with Gasteiger partial charge in [-0.2, -0.15) is 9.97 Å². The molecule has 2 aromatic heterocycles. The topological polar surface area (TPSA) is 155 Å². The number of imidazole rings is 1. The number of nitrogen functional groups attached to an aromatic ring is 1. The fourth-order valence-electron chi connectivity index (χ4n) is 2.95. The number of benzene rings is 1. The number of aromatic nitrogens is 4. The first-order valence-corrected chi connectivity index (χ1v) is 11.0. The number of nitrogens with one attached hydrogen (secondary N) is 1. The molecule has 0 amide bonds. The predicted octanol–water partition coefficient (Wildman–Crippen LogP) is 1.50. The van der Waals surface area contributed by atoms with Crippen molar-refractivity contribution in [1.29, 1.82) is 0 Å². The van der Waals surface area contributed by atoms with Crippen LogP contribution < -0.4 is 16.2 Å². The van der Waals surface area contributed by atoms with Crippen LogP contribution in [0.1, 0.15) is 18.1 Å². The molecule has 0 aliphatic carbocycles. The fourth-order valence-corrected chi connectivity index (χ4v) is 4.10. The lowest BCUT2D eigenvalue weighted by Gasteiger charge is -2.12. The highest BCUT2D eigenvalue weighted by Gasteiger charge is 2.20. The molecule has 1 atom stereocenters. The summed E-state index contributed by atoms with van der Waals surface area (Å²) in [5, 5.41) is 0. The summed E-state index contributed by atoms with van der Waals surface area (Å²) in [4.78, 5) is 33.3. The highest BCUT2D eigenvalue weighted by Crippen LogP contribution is 2.45. The van der Waals surface area contributed by atoms with Crippen LogP contribution in [0.5, 0.6) is 6.01 Å². The molecule has 0 spiro atoms. The van der Waals surface area contributed by atoms with Gasteiger partial charge in [-0.15, -0.1) is 0 Å². The van der Waals surface area contributed by atoms with Gasteiger partial charge in [0.15, 0.2) is 11.5 Å². The van der Waals surface area contributed by atoms with Gasteiger partial charge in [0.1, 0.15) is 12.1 Å². The molecule has 1 aromatic carbocycles. The van der Waals surface area contributed by atoms with Crippen molar-refractivity contribution in [3.05, 3.63) is 45.9 Å². The number of hydrogen-bond donors (Lipinski definition) is 3. The number of fused-ring (bicyclic) bond motifs is 1. The lowest BCUT2D eigenvalue weighted by Crippen LogP contribution is -2.18. The summed E-state index contributed by atoms with van der Waals surface area (Å²) in [6.45, 7) is 2.56. The molecule has 30 heavy (non-hydrogen) atoms. The largest absolute Gasteiger partial charge is 0.461 e. The maximum absolute atomic E-state index is 12.5. The molecule has 0 aliphatic rings. The number of nitrogens with two attached hydrogens (primary N) is 1. The first-order valence-electron chi connectivity index (χ1n) is 9.25. The van der Waals surface area contributed by atoms with Crippen molar-refractivity contribution in [3.63, 3.8) is 0 Å².